The Morgan fingerprint density at radius 1 is 1.24 bits per heavy atom. The summed E-state index contributed by atoms with van der Waals surface area (Å²) in [5.41, 5.74) is 6.64. The number of nitrogens with zero attached hydrogens (tertiary/aromatic N) is 1. The Bertz CT molecular complexity index is 810. The number of rotatable bonds is 4. The predicted octanol–water partition coefficient (Wildman–Crippen LogP) is 1.32. The van der Waals surface area contributed by atoms with E-state index in [0.717, 1.165) is 0 Å². The molecule has 0 saturated carbocycles. The second kappa shape index (κ2) is 5.83. The van der Waals surface area contributed by atoms with Crippen LogP contribution in [0.4, 0.5) is 5.69 Å². The minimum Gasteiger partial charge on any atom is -0.508 e. The van der Waals surface area contributed by atoms with Gasteiger partial charge in [-0.25, -0.2) is 13.1 Å². The van der Waals surface area contributed by atoms with Crippen LogP contribution in [0.15, 0.2) is 47.4 Å². The lowest BCUT2D eigenvalue weighted by Crippen LogP contribution is -2.23. The standard InChI is InChI=1S/C14H13N3O3S/c15-8-10-2-1-3-13(6-10)21(19,20)17-9-11-7-12(16)4-5-14(11)18/h1-7,17-18H,9,16H2. The number of phenolic OH excluding ortho intramolecular Hbond substituents is 1. The van der Waals surface area contributed by atoms with Crippen molar-refractivity contribution < 1.29 is 13.5 Å². The van der Waals surface area contributed by atoms with Gasteiger partial charge in [0.05, 0.1) is 16.5 Å². The zero-order chi connectivity index (χ0) is 15.5. The first kappa shape index (κ1) is 14.8. The Balaban J connectivity index is 2.22. The van der Waals surface area contributed by atoms with Crippen LogP contribution >= 0.6 is 0 Å². The molecule has 0 atom stereocenters. The van der Waals surface area contributed by atoms with Gasteiger partial charge in [0, 0.05) is 17.8 Å². The fraction of sp³-hybridized carbons (Fsp3) is 0.0714. The second-order valence-corrected chi connectivity index (χ2v) is 6.12. The fourth-order valence-electron chi connectivity index (χ4n) is 1.74. The molecule has 21 heavy (non-hydrogen) atoms. The van der Waals surface area contributed by atoms with Gasteiger partial charge in [-0.3, -0.25) is 0 Å². The molecule has 7 heteroatoms. The molecule has 2 rings (SSSR count). The monoisotopic (exact) mass is 303 g/mol. The van der Waals surface area contributed by atoms with Gasteiger partial charge in [0.1, 0.15) is 5.75 Å². The molecule has 108 valence electrons. The summed E-state index contributed by atoms with van der Waals surface area (Å²) >= 11 is 0. The number of aromatic hydroxyl groups is 1. The predicted molar refractivity (Wildman–Crippen MR) is 77.7 cm³/mol. The van der Waals surface area contributed by atoms with Gasteiger partial charge in [0.25, 0.3) is 0 Å². The zero-order valence-corrected chi connectivity index (χ0v) is 11.8. The van der Waals surface area contributed by atoms with Gasteiger partial charge in [-0.05, 0) is 36.4 Å². The van der Waals surface area contributed by atoms with Crippen LogP contribution in [0.1, 0.15) is 11.1 Å². The third-order valence-electron chi connectivity index (χ3n) is 2.83. The smallest absolute Gasteiger partial charge is 0.240 e. The highest BCUT2D eigenvalue weighted by molar-refractivity contribution is 7.89. The minimum atomic E-state index is -3.77. The van der Waals surface area contributed by atoms with Gasteiger partial charge in [-0.15, -0.1) is 0 Å². The maximum Gasteiger partial charge on any atom is 0.240 e. The Morgan fingerprint density at radius 2 is 2.00 bits per heavy atom. The van der Waals surface area contributed by atoms with E-state index in [1.165, 1.54) is 42.5 Å². The van der Waals surface area contributed by atoms with Crippen molar-refractivity contribution in [1.29, 1.82) is 5.26 Å². The van der Waals surface area contributed by atoms with Crippen molar-refractivity contribution >= 4 is 15.7 Å². The van der Waals surface area contributed by atoms with E-state index in [4.69, 9.17) is 11.0 Å². The van der Waals surface area contributed by atoms with Crippen LogP contribution in [0, 0.1) is 11.3 Å². The van der Waals surface area contributed by atoms with Crippen molar-refractivity contribution in [3.8, 4) is 11.8 Å². The molecule has 0 radical (unpaired) electrons. The minimum absolute atomic E-state index is 0.00931. The van der Waals surface area contributed by atoms with Crippen molar-refractivity contribution in [3.05, 3.63) is 53.6 Å². The molecule has 6 nitrogen and oxygen atoms in total. The number of nitrogens with two attached hydrogens (primary N) is 1. The molecule has 0 aliphatic rings. The molecule has 0 fully saturated rings. The van der Waals surface area contributed by atoms with Crippen molar-refractivity contribution in [1.82, 2.24) is 4.72 Å². The van der Waals surface area contributed by atoms with Gasteiger partial charge >= 0.3 is 0 Å². The van der Waals surface area contributed by atoms with Crippen LogP contribution in [-0.2, 0) is 16.6 Å². The Kier molecular flexibility index (Phi) is 4.12. The highest BCUT2D eigenvalue weighted by Gasteiger charge is 2.15. The Labute approximate surface area is 122 Å². The molecule has 0 aliphatic heterocycles. The summed E-state index contributed by atoms with van der Waals surface area (Å²) in [6.45, 7) is -0.101. The van der Waals surface area contributed by atoms with Gasteiger partial charge in [0.2, 0.25) is 10.0 Å². The number of nitrogen functional groups attached to an aromatic ring is 1. The summed E-state index contributed by atoms with van der Waals surface area (Å²) in [6, 6.07) is 12.0. The summed E-state index contributed by atoms with van der Waals surface area (Å²) < 4.78 is 26.6. The number of anilines is 1. The van der Waals surface area contributed by atoms with E-state index in [9.17, 15) is 13.5 Å². The maximum atomic E-state index is 12.1. The van der Waals surface area contributed by atoms with Crippen molar-refractivity contribution in [2.45, 2.75) is 11.4 Å². The molecule has 2 aromatic carbocycles. The van der Waals surface area contributed by atoms with Crippen molar-refractivity contribution in [3.63, 3.8) is 0 Å². The number of phenols is 1. The Hall–Kier alpha value is -2.56. The quantitative estimate of drug-likeness (QED) is 0.582. The van der Waals surface area contributed by atoms with Crippen LogP contribution in [-0.4, -0.2) is 13.5 Å². The van der Waals surface area contributed by atoms with E-state index in [0.29, 0.717) is 11.3 Å². The van der Waals surface area contributed by atoms with Crippen LogP contribution in [0.3, 0.4) is 0 Å². The maximum absolute atomic E-state index is 12.1. The normalized spacial score (nSPS) is 11.0. The number of sulfonamides is 1. The van der Waals surface area contributed by atoms with Gasteiger partial charge in [0.15, 0.2) is 0 Å². The molecule has 0 heterocycles. The Morgan fingerprint density at radius 3 is 2.71 bits per heavy atom. The first-order valence-electron chi connectivity index (χ1n) is 5.99. The summed E-state index contributed by atoms with van der Waals surface area (Å²) in [6.07, 6.45) is 0. The van der Waals surface area contributed by atoms with Gasteiger partial charge < -0.3 is 10.8 Å². The van der Waals surface area contributed by atoms with Crippen LogP contribution in [0.25, 0.3) is 0 Å². The summed E-state index contributed by atoms with van der Waals surface area (Å²) in [5.74, 6) is -0.0438. The van der Waals surface area contributed by atoms with Crippen LogP contribution < -0.4 is 10.5 Å². The summed E-state index contributed by atoms with van der Waals surface area (Å²) in [5, 5.41) is 18.4. The number of hydrogen-bond donors (Lipinski definition) is 3. The molecule has 0 amide bonds. The van der Waals surface area contributed by atoms with E-state index in [1.807, 2.05) is 6.07 Å². The van der Waals surface area contributed by atoms with E-state index >= 15 is 0 Å². The topological polar surface area (TPSA) is 116 Å². The number of benzene rings is 2. The first-order valence-corrected chi connectivity index (χ1v) is 7.48. The zero-order valence-electron chi connectivity index (χ0n) is 10.9. The van der Waals surface area contributed by atoms with E-state index in [2.05, 4.69) is 4.72 Å². The van der Waals surface area contributed by atoms with Crippen LogP contribution in [0.5, 0.6) is 5.75 Å². The molecular formula is C14H13N3O3S. The number of nitriles is 1. The fourth-order valence-corrected chi connectivity index (χ4v) is 2.79. The largest absolute Gasteiger partial charge is 0.508 e. The molecule has 2 aromatic rings. The lowest BCUT2D eigenvalue weighted by atomic mass is 10.2. The highest BCUT2D eigenvalue weighted by Crippen LogP contribution is 2.20. The van der Waals surface area contributed by atoms with Crippen molar-refractivity contribution in [2.75, 3.05) is 5.73 Å². The molecule has 0 bridgehead atoms. The average molecular weight is 303 g/mol. The first-order chi connectivity index (χ1) is 9.92. The van der Waals surface area contributed by atoms with E-state index in [1.54, 1.807) is 0 Å². The third-order valence-corrected chi connectivity index (χ3v) is 4.23. The summed E-state index contributed by atoms with van der Waals surface area (Å²) in [7, 11) is -3.77. The SMILES string of the molecule is N#Cc1cccc(S(=O)(=O)NCc2cc(N)ccc2O)c1. The van der Waals surface area contributed by atoms with Gasteiger partial charge in [-0.2, -0.15) is 5.26 Å². The number of nitrogens with one attached hydrogen (secondary N) is 1. The van der Waals surface area contributed by atoms with Gasteiger partial charge in [-0.1, -0.05) is 6.07 Å². The van der Waals surface area contributed by atoms with E-state index in [-0.39, 0.29) is 22.8 Å². The summed E-state index contributed by atoms with van der Waals surface area (Å²) in [4.78, 5) is -0.00931. The number of hydrogen-bond acceptors (Lipinski definition) is 5. The van der Waals surface area contributed by atoms with E-state index < -0.39 is 10.0 Å². The molecule has 4 N–H and O–H groups in total. The van der Waals surface area contributed by atoms with Crippen molar-refractivity contribution in [2.24, 2.45) is 0 Å². The average Bonchev–Trinajstić information content (AvgIpc) is 2.48. The lowest BCUT2D eigenvalue weighted by molar-refractivity contribution is 0.467. The molecule has 0 aromatic heterocycles. The molecular weight excluding hydrogens is 290 g/mol. The highest BCUT2D eigenvalue weighted by atomic mass is 32.2. The molecule has 0 aliphatic carbocycles. The van der Waals surface area contributed by atoms with Crippen LogP contribution in [0.2, 0.25) is 0 Å². The third kappa shape index (κ3) is 3.51. The molecule has 0 spiro atoms. The second-order valence-electron chi connectivity index (χ2n) is 4.35. The molecule has 0 unspecified atom stereocenters. The molecule has 0 saturated heterocycles. The lowest BCUT2D eigenvalue weighted by Gasteiger charge is -2.09.